The van der Waals surface area contributed by atoms with Crippen molar-refractivity contribution in [2.75, 3.05) is 33.4 Å². The van der Waals surface area contributed by atoms with Crippen molar-refractivity contribution in [3.8, 4) is 22.6 Å². The number of Topliss-reactive ketones (excluding diaryl/α,β-unsaturated/α-hetero) is 1. The van der Waals surface area contributed by atoms with Gasteiger partial charge < -0.3 is 58.7 Å². The van der Waals surface area contributed by atoms with Crippen LogP contribution < -0.4 is 49.2 Å². The zero-order chi connectivity index (χ0) is 31.8. The predicted molar refractivity (Wildman–Crippen MR) is 166 cm³/mol. The van der Waals surface area contributed by atoms with Gasteiger partial charge in [0.25, 0.3) is 0 Å². The standard InChI is InChI=1S/C28H42N10O5/c1-17(39)6-9-23(40)37-15-19-7-8-21(20-5-3-4-18(14-38-28(33)34)22(20)16-41-2)25(43-13-11-36-27(31)32)24(19)42-12-10-35-26(29)30/h3-5,7-8H,6,9-16H2,1-2H3,(H,37,40)(H4,29,30,35)(H4,31,32,36)(H4,33,34,38). The molecule has 0 unspecified atom stereocenters. The summed E-state index contributed by atoms with van der Waals surface area (Å²) in [6.45, 7) is 2.60. The number of carbonyl (C=O) groups is 2. The van der Waals surface area contributed by atoms with E-state index >= 15 is 0 Å². The Hall–Kier alpha value is -5.05. The van der Waals surface area contributed by atoms with Crippen molar-refractivity contribution in [3.05, 3.63) is 47.0 Å². The highest BCUT2D eigenvalue weighted by Gasteiger charge is 2.21. The van der Waals surface area contributed by atoms with E-state index in [1.165, 1.54) is 6.92 Å². The molecule has 234 valence electrons. The molecule has 0 radical (unpaired) electrons. The lowest BCUT2D eigenvalue weighted by Gasteiger charge is -2.22. The zero-order valence-electron chi connectivity index (χ0n) is 24.6. The maximum absolute atomic E-state index is 12.4. The number of hydrogen-bond acceptors (Lipinski definition) is 8. The van der Waals surface area contributed by atoms with Gasteiger partial charge in [0.2, 0.25) is 5.91 Å². The van der Waals surface area contributed by atoms with E-state index in [0.717, 1.165) is 16.7 Å². The molecule has 1 amide bonds. The van der Waals surface area contributed by atoms with E-state index in [-0.39, 0.29) is 88.4 Å². The first-order valence-corrected chi connectivity index (χ1v) is 13.5. The summed E-state index contributed by atoms with van der Waals surface area (Å²) < 4.78 is 18.0. The van der Waals surface area contributed by atoms with Crippen LogP contribution in [0.25, 0.3) is 11.1 Å². The monoisotopic (exact) mass is 598 g/mol. The van der Waals surface area contributed by atoms with Crippen molar-refractivity contribution in [2.45, 2.75) is 39.5 Å². The SMILES string of the molecule is COCc1c(CN=C(N)N)cccc1-c1ccc(CNC(=O)CCC(C)=O)c(OCCN=C(N)N)c1OCCN=C(N)N. The summed E-state index contributed by atoms with van der Waals surface area (Å²) in [6.07, 6.45) is 0.212. The smallest absolute Gasteiger partial charge is 0.220 e. The molecule has 0 saturated heterocycles. The van der Waals surface area contributed by atoms with Crippen LogP contribution in [0.15, 0.2) is 45.3 Å². The minimum atomic E-state index is -0.282. The molecule has 13 N–H and O–H groups in total. The van der Waals surface area contributed by atoms with Crippen LogP contribution in [0.3, 0.4) is 0 Å². The Bertz CT molecular complexity index is 1330. The third kappa shape index (κ3) is 11.8. The molecule has 0 heterocycles. The Morgan fingerprint density at radius 1 is 0.767 bits per heavy atom. The third-order valence-corrected chi connectivity index (χ3v) is 5.92. The molecule has 0 aromatic heterocycles. The van der Waals surface area contributed by atoms with Crippen LogP contribution in [-0.4, -0.2) is 63.0 Å². The number of rotatable bonds is 18. The fourth-order valence-corrected chi connectivity index (χ4v) is 4.00. The summed E-state index contributed by atoms with van der Waals surface area (Å²) in [5.41, 5.74) is 36.9. The van der Waals surface area contributed by atoms with Gasteiger partial charge in [0.05, 0.1) is 26.2 Å². The molecule has 0 bridgehead atoms. The van der Waals surface area contributed by atoms with Crippen molar-refractivity contribution in [3.63, 3.8) is 0 Å². The van der Waals surface area contributed by atoms with Gasteiger partial charge in [-0.1, -0.05) is 30.3 Å². The molecular formula is C28H42N10O5. The number of nitrogens with zero attached hydrogens (tertiary/aromatic N) is 3. The van der Waals surface area contributed by atoms with Gasteiger partial charge in [0.1, 0.15) is 19.0 Å². The highest BCUT2D eigenvalue weighted by molar-refractivity contribution is 5.84. The number of ether oxygens (including phenoxy) is 3. The summed E-state index contributed by atoms with van der Waals surface area (Å²) in [4.78, 5) is 35.9. The van der Waals surface area contributed by atoms with Gasteiger partial charge in [-0.05, 0) is 23.6 Å². The fraction of sp³-hybridized carbons (Fsp3) is 0.393. The van der Waals surface area contributed by atoms with Gasteiger partial charge >= 0.3 is 0 Å². The quantitative estimate of drug-likeness (QED) is 0.0656. The minimum Gasteiger partial charge on any atom is -0.487 e. The summed E-state index contributed by atoms with van der Waals surface area (Å²) in [5, 5.41) is 2.83. The van der Waals surface area contributed by atoms with Crippen LogP contribution in [0.2, 0.25) is 0 Å². The molecule has 0 fully saturated rings. The summed E-state index contributed by atoms with van der Waals surface area (Å²) in [6, 6.07) is 9.37. The summed E-state index contributed by atoms with van der Waals surface area (Å²) in [5.74, 6) is 0.188. The van der Waals surface area contributed by atoms with Crippen molar-refractivity contribution in [1.29, 1.82) is 0 Å². The van der Waals surface area contributed by atoms with E-state index in [9.17, 15) is 9.59 Å². The largest absolute Gasteiger partial charge is 0.487 e. The lowest BCUT2D eigenvalue weighted by atomic mass is 9.93. The van der Waals surface area contributed by atoms with Gasteiger partial charge in [0, 0.05) is 37.6 Å². The maximum atomic E-state index is 12.4. The topological polar surface area (TPSA) is 267 Å². The first kappa shape index (κ1) is 34.2. The van der Waals surface area contributed by atoms with Crippen LogP contribution in [0.4, 0.5) is 0 Å². The molecule has 43 heavy (non-hydrogen) atoms. The molecular weight excluding hydrogens is 556 g/mol. The number of nitrogens with one attached hydrogen (secondary N) is 1. The van der Waals surface area contributed by atoms with E-state index in [1.54, 1.807) is 7.11 Å². The molecule has 15 nitrogen and oxygen atoms in total. The van der Waals surface area contributed by atoms with Gasteiger partial charge in [-0.15, -0.1) is 0 Å². The minimum absolute atomic E-state index is 0.0383. The number of methoxy groups -OCH3 is 1. The van der Waals surface area contributed by atoms with Crippen LogP contribution in [0.1, 0.15) is 36.5 Å². The zero-order valence-corrected chi connectivity index (χ0v) is 24.6. The predicted octanol–water partition coefficient (Wildman–Crippen LogP) is -0.437. The number of aliphatic imine (C=N–C) groups is 3. The Morgan fingerprint density at radius 2 is 1.40 bits per heavy atom. The fourth-order valence-electron chi connectivity index (χ4n) is 4.00. The lowest BCUT2D eigenvalue weighted by Crippen LogP contribution is -2.25. The average molecular weight is 599 g/mol. The molecule has 0 spiro atoms. The first-order chi connectivity index (χ1) is 20.5. The van der Waals surface area contributed by atoms with Gasteiger partial charge in [0.15, 0.2) is 29.4 Å². The molecule has 0 aliphatic carbocycles. The van der Waals surface area contributed by atoms with Crippen molar-refractivity contribution >= 4 is 29.6 Å². The summed E-state index contributed by atoms with van der Waals surface area (Å²) >= 11 is 0. The highest BCUT2D eigenvalue weighted by atomic mass is 16.5. The molecule has 0 saturated carbocycles. The molecule has 0 aliphatic heterocycles. The average Bonchev–Trinajstić information content (AvgIpc) is 2.95. The Labute approximate surface area is 250 Å². The number of hydrogen-bond donors (Lipinski definition) is 7. The first-order valence-electron chi connectivity index (χ1n) is 13.5. The van der Waals surface area contributed by atoms with E-state index in [1.807, 2.05) is 30.3 Å². The number of amides is 1. The number of carbonyl (C=O) groups excluding carboxylic acids is 2. The second-order valence-corrected chi connectivity index (χ2v) is 9.34. The second-order valence-electron chi connectivity index (χ2n) is 9.34. The van der Waals surface area contributed by atoms with Gasteiger partial charge in [-0.2, -0.15) is 0 Å². The molecule has 0 atom stereocenters. The van der Waals surface area contributed by atoms with Crippen LogP contribution >= 0.6 is 0 Å². The third-order valence-electron chi connectivity index (χ3n) is 5.92. The van der Waals surface area contributed by atoms with E-state index in [0.29, 0.717) is 22.6 Å². The molecule has 2 aromatic carbocycles. The van der Waals surface area contributed by atoms with Gasteiger partial charge in [-0.25, -0.2) is 4.99 Å². The lowest BCUT2D eigenvalue weighted by molar-refractivity contribution is -0.124. The van der Waals surface area contributed by atoms with Crippen LogP contribution in [-0.2, 0) is 34.0 Å². The number of ketones is 1. The molecule has 2 rings (SSSR count). The van der Waals surface area contributed by atoms with Crippen LogP contribution in [0, 0.1) is 0 Å². The molecule has 0 aliphatic rings. The van der Waals surface area contributed by atoms with Crippen molar-refractivity contribution in [1.82, 2.24) is 5.32 Å². The van der Waals surface area contributed by atoms with E-state index in [4.69, 9.17) is 48.6 Å². The summed E-state index contributed by atoms with van der Waals surface area (Å²) in [7, 11) is 1.59. The number of benzene rings is 2. The highest BCUT2D eigenvalue weighted by Crippen LogP contribution is 2.43. The Kier molecular flexibility index (Phi) is 14.1. The Morgan fingerprint density at radius 3 is 1.98 bits per heavy atom. The Balaban J connectivity index is 2.67. The van der Waals surface area contributed by atoms with Crippen LogP contribution in [0.5, 0.6) is 11.5 Å². The van der Waals surface area contributed by atoms with Crippen molar-refractivity contribution < 1.29 is 23.8 Å². The van der Waals surface area contributed by atoms with E-state index < -0.39 is 0 Å². The number of nitrogens with two attached hydrogens (primary N) is 6. The molecule has 2 aromatic rings. The normalized spacial score (nSPS) is 10.4. The molecule has 15 heteroatoms. The number of guanidine groups is 3. The van der Waals surface area contributed by atoms with Crippen molar-refractivity contribution in [2.24, 2.45) is 49.4 Å². The van der Waals surface area contributed by atoms with E-state index in [2.05, 4.69) is 20.3 Å². The second kappa shape index (κ2) is 17.7. The van der Waals surface area contributed by atoms with Gasteiger partial charge in [-0.3, -0.25) is 14.8 Å². The maximum Gasteiger partial charge on any atom is 0.220 e.